The molecule has 3 rings (SSSR count). The molecule has 2 heterocycles. The number of anilines is 1. The lowest BCUT2D eigenvalue weighted by Crippen LogP contribution is -2.26. The number of nitrogens with zero attached hydrogens (tertiary/aromatic N) is 2. The fourth-order valence-electron chi connectivity index (χ4n) is 2.84. The summed E-state index contributed by atoms with van der Waals surface area (Å²) in [6, 6.07) is 4.08. The van der Waals surface area contributed by atoms with Crippen LogP contribution in [-0.2, 0) is 4.79 Å². The molecule has 0 aliphatic carbocycles. The average molecular weight is 392 g/mol. The average Bonchev–Trinajstić information content (AvgIpc) is 3.15. The summed E-state index contributed by atoms with van der Waals surface area (Å²) < 4.78 is 10.4. The summed E-state index contributed by atoms with van der Waals surface area (Å²) in [5, 5.41) is 17.5. The molecule has 1 saturated heterocycles. The van der Waals surface area contributed by atoms with E-state index in [1.807, 2.05) is 6.20 Å². The highest BCUT2D eigenvalue weighted by molar-refractivity contribution is 7.15. The lowest BCUT2D eigenvalue weighted by Gasteiger charge is -2.20. The van der Waals surface area contributed by atoms with Crippen LogP contribution >= 0.6 is 11.3 Å². The summed E-state index contributed by atoms with van der Waals surface area (Å²) in [7, 11) is 1.33. The number of rotatable bonds is 7. The Labute approximate surface area is 159 Å². The third kappa shape index (κ3) is 4.92. The van der Waals surface area contributed by atoms with E-state index in [4.69, 9.17) is 9.47 Å². The molecule has 0 spiro atoms. The number of piperidine rings is 1. The standard InChI is InChI=1S/C17H20N4O5S/c1-25-14-8-12(2-3-13(14)21(23)24)26-10-16(22)20-17-19-9-15(27-17)11-4-6-18-7-5-11/h2-3,8-9,11,18H,4-7,10H2,1H3,(H,19,20,22). The predicted molar refractivity (Wildman–Crippen MR) is 101 cm³/mol. The quantitative estimate of drug-likeness (QED) is 0.549. The predicted octanol–water partition coefficient (Wildman–Crippen LogP) is 2.54. The highest BCUT2D eigenvalue weighted by atomic mass is 32.1. The number of methoxy groups -OCH3 is 1. The second-order valence-electron chi connectivity index (χ2n) is 6.02. The minimum Gasteiger partial charge on any atom is -0.490 e. The zero-order chi connectivity index (χ0) is 19.2. The van der Waals surface area contributed by atoms with Crippen LogP contribution in [-0.4, -0.2) is 42.6 Å². The number of ether oxygens (including phenoxy) is 2. The van der Waals surface area contributed by atoms with Gasteiger partial charge in [-0.05, 0) is 37.9 Å². The molecular weight excluding hydrogens is 372 g/mol. The van der Waals surface area contributed by atoms with Crippen LogP contribution in [0.15, 0.2) is 24.4 Å². The van der Waals surface area contributed by atoms with Crippen LogP contribution in [0.25, 0.3) is 0 Å². The Morgan fingerprint density at radius 2 is 2.22 bits per heavy atom. The summed E-state index contributed by atoms with van der Waals surface area (Å²) in [5.41, 5.74) is -0.164. The third-order valence-electron chi connectivity index (χ3n) is 4.23. The number of nitro groups is 1. The number of benzene rings is 1. The van der Waals surface area contributed by atoms with Crippen LogP contribution in [0.2, 0.25) is 0 Å². The van der Waals surface area contributed by atoms with E-state index in [1.165, 1.54) is 41.5 Å². The lowest BCUT2D eigenvalue weighted by atomic mass is 9.97. The van der Waals surface area contributed by atoms with Crippen LogP contribution in [0.5, 0.6) is 11.5 Å². The number of amides is 1. The first-order chi connectivity index (χ1) is 13.1. The lowest BCUT2D eigenvalue weighted by molar-refractivity contribution is -0.385. The molecule has 1 aromatic carbocycles. The zero-order valence-electron chi connectivity index (χ0n) is 14.8. The molecule has 0 bridgehead atoms. The van der Waals surface area contributed by atoms with E-state index in [9.17, 15) is 14.9 Å². The maximum Gasteiger partial charge on any atom is 0.311 e. The van der Waals surface area contributed by atoms with Crippen LogP contribution in [0.4, 0.5) is 10.8 Å². The number of nitrogens with one attached hydrogen (secondary N) is 2. The summed E-state index contributed by atoms with van der Waals surface area (Å²) in [4.78, 5) is 27.9. The monoisotopic (exact) mass is 392 g/mol. The van der Waals surface area contributed by atoms with Crippen molar-refractivity contribution in [2.45, 2.75) is 18.8 Å². The summed E-state index contributed by atoms with van der Waals surface area (Å²) >= 11 is 1.48. The van der Waals surface area contributed by atoms with Crippen LogP contribution in [0.1, 0.15) is 23.6 Å². The second-order valence-corrected chi connectivity index (χ2v) is 7.08. The number of hydrogen-bond acceptors (Lipinski definition) is 8. The first-order valence-electron chi connectivity index (χ1n) is 8.48. The summed E-state index contributed by atoms with van der Waals surface area (Å²) in [6.07, 6.45) is 3.96. The van der Waals surface area contributed by atoms with Gasteiger partial charge in [-0.1, -0.05) is 0 Å². The maximum atomic E-state index is 12.1. The molecule has 1 amide bonds. The summed E-state index contributed by atoms with van der Waals surface area (Å²) in [6.45, 7) is 1.76. The third-order valence-corrected chi connectivity index (χ3v) is 5.30. The highest BCUT2D eigenvalue weighted by Gasteiger charge is 2.19. The molecule has 0 atom stereocenters. The van der Waals surface area contributed by atoms with E-state index in [2.05, 4.69) is 15.6 Å². The number of thiazole rings is 1. The fraction of sp³-hybridized carbons (Fsp3) is 0.412. The Bertz CT molecular complexity index is 819. The molecule has 9 nitrogen and oxygen atoms in total. The first kappa shape index (κ1) is 19.1. The van der Waals surface area contributed by atoms with Gasteiger partial charge in [-0.15, -0.1) is 11.3 Å². The van der Waals surface area contributed by atoms with E-state index < -0.39 is 4.92 Å². The molecule has 1 aromatic heterocycles. The molecule has 1 fully saturated rings. The van der Waals surface area contributed by atoms with Crippen LogP contribution in [0.3, 0.4) is 0 Å². The van der Waals surface area contributed by atoms with Crippen molar-refractivity contribution in [1.29, 1.82) is 0 Å². The fourth-order valence-corrected chi connectivity index (χ4v) is 3.84. The van der Waals surface area contributed by atoms with Crippen molar-refractivity contribution < 1.29 is 19.2 Å². The van der Waals surface area contributed by atoms with Gasteiger partial charge in [-0.3, -0.25) is 20.2 Å². The van der Waals surface area contributed by atoms with Gasteiger partial charge in [-0.25, -0.2) is 4.98 Å². The van der Waals surface area contributed by atoms with Gasteiger partial charge in [0.05, 0.1) is 12.0 Å². The van der Waals surface area contributed by atoms with E-state index in [-0.39, 0.29) is 24.0 Å². The number of aromatic nitrogens is 1. The smallest absolute Gasteiger partial charge is 0.311 e. The summed E-state index contributed by atoms with van der Waals surface area (Å²) in [5.74, 6) is 0.517. The molecule has 0 radical (unpaired) electrons. The molecule has 10 heteroatoms. The molecule has 0 saturated carbocycles. The topological polar surface area (TPSA) is 116 Å². The SMILES string of the molecule is COc1cc(OCC(=O)Nc2ncc(C3CCNCC3)s2)ccc1[N+](=O)[O-]. The van der Waals surface area contributed by atoms with E-state index in [0.717, 1.165) is 25.9 Å². The normalized spacial score (nSPS) is 14.6. The van der Waals surface area contributed by atoms with Gasteiger partial charge < -0.3 is 14.8 Å². The Kier molecular flexibility index (Phi) is 6.20. The molecule has 2 N–H and O–H groups in total. The molecular formula is C17H20N4O5S. The molecule has 1 aliphatic rings. The molecule has 144 valence electrons. The Balaban J connectivity index is 1.54. The van der Waals surface area contributed by atoms with Gasteiger partial charge in [0.25, 0.3) is 5.91 Å². The van der Waals surface area contributed by atoms with E-state index >= 15 is 0 Å². The van der Waals surface area contributed by atoms with Crippen molar-refractivity contribution in [1.82, 2.24) is 10.3 Å². The van der Waals surface area contributed by atoms with Crippen molar-refractivity contribution in [3.8, 4) is 11.5 Å². The van der Waals surface area contributed by atoms with Gasteiger partial charge in [-0.2, -0.15) is 0 Å². The van der Waals surface area contributed by atoms with Crippen molar-refractivity contribution in [2.24, 2.45) is 0 Å². The maximum absolute atomic E-state index is 12.1. The minimum atomic E-state index is -0.544. The van der Waals surface area contributed by atoms with Crippen molar-refractivity contribution in [3.05, 3.63) is 39.4 Å². The number of nitro benzene ring substituents is 1. The van der Waals surface area contributed by atoms with Crippen molar-refractivity contribution >= 4 is 28.1 Å². The molecule has 27 heavy (non-hydrogen) atoms. The van der Waals surface area contributed by atoms with E-state index in [0.29, 0.717) is 16.8 Å². The van der Waals surface area contributed by atoms with Gasteiger partial charge in [0.2, 0.25) is 5.75 Å². The van der Waals surface area contributed by atoms with Gasteiger partial charge >= 0.3 is 5.69 Å². The first-order valence-corrected chi connectivity index (χ1v) is 9.30. The van der Waals surface area contributed by atoms with Crippen molar-refractivity contribution in [2.75, 3.05) is 32.1 Å². The van der Waals surface area contributed by atoms with Crippen LogP contribution < -0.4 is 20.1 Å². The zero-order valence-corrected chi connectivity index (χ0v) is 15.6. The van der Waals surface area contributed by atoms with Crippen molar-refractivity contribution in [3.63, 3.8) is 0 Å². The number of hydrogen-bond donors (Lipinski definition) is 2. The van der Waals surface area contributed by atoms with Gasteiger partial charge in [0.15, 0.2) is 11.7 Å². The number of carbonyl (C=O) groups is 1. The van der Waals surface area contributed by atoms with E-state index in [1.54, 1.807) is 0 Å². The molecule has 1 aliphatic heterocycles. The van der Waals surface area contributed by atoms with Gasteiger partial charge in [0, 0.05) is 23.2 Å². The van der Waals surface area contributed by atoms with Gasteiger partial charge in [0.1, 0.15) is 5.75 Å². The highest BCUT2D eigenvalue weighted by Crippen LogP contribution is 2.32. The van der Waals surface area contributed by atoms with Crippen LogP contribution in [0, 0.1) is 10.1 Å². The molecule has 0 unspecified atom stereocenters. The minimum absolute atomic E-state index is 0.0736. The Morgan fingerprint density at radius 1 is 1.44 bits per heavy atom. The second kappa shape index (κ2) is 8.78. The number of carbonyl (C=O) groups excluding carboxylic acids is 1. The Morgan fingerprint density at radius 3 is 2.93 bits per heavy atom. The largest absolute Gasteiger partial charge is 0.490 e. The molecule has 2 aromatic rings. The Hall–Kier alpha value is -2.72.